The molecule has 2 aliphatic rings. The average Bonchev–Trinajstić information content (AvgIpc) is 3.16. The Morgan fingerprint density at radius 2 is 1.82 bits per heavy atom. The summed E-state index contributed by atoms with van der Waals surface area (Å²) in [5, 5.41) is 4.82. The molecule has 0 radical (unpaired) electrons. The zero-order chi connectivity index (χ0) is 24.0. The molecule has 0 saturated carbocycles. The van der Waals surface area contributed by atoms with Crippen LogP contribution >= 0.6 is 0 Å². The number of nitrogens with one attached hydrogen (secondary N) is 2. The van der Waals surface area contributed by atoms with Gasteiger partial charge in [0.2, 0.25) is 0 Å². The fourth-order valence-corrected chi connectivity index (χ4v) is 4.13. The third kappa shape index (κ3) is 4.44. The van der Waals surface area contributed by atoms with Crippen LogP contribution in [-0.2, 0) is 32.8 Å². The van der Waals surface area contributed by atoms with Gasteiger partial charge >= 0.3 is 12.0 Å². The lowest BCUT2D eigenvalue weighted by Crippen LogP contribution is -2.52. The molecule has 9 heteroatoms. The monoisotopic (exact) mass is 453 g/mol. The summed E-state index contributed by atoms with van der Waals surface area (Å²) in [6, 6.07) is 9.64. The van der Waals surface area contributed by atoms with Crippen LogP contribution in [0.1, 0.15) is 47.8 Å². The summed E-state index contributed by atoms with van der Waals surface area (Å²) in [4.78, 5) is 51.4. The molecule has 2 aromatic rings. The lowest BCUT2D eigenvalue weighted by molar-refractivity contribution is -0.153. The van der Waals surface area contributed by atoms with Crippen LogP contribution in [0.4, 0.5) is 9.18 Å². The van der Waals surface area contributed by atoms with Crippen LogP contribution in [0.5, 0.6) is 0 Å². The van der Waals surface area contributed by atoms with Gasteiger partial charge in [-0.05, 0) is 55.7 Å². The lowest BCUT2D eigenvalue weighted by atomic mass is 9.89. The van der Waals surface area contributed by atoms with E-state index in [0.717, 1.165) is 0 Å². The second kappa shape index (κ2) is 7.99. The summed E-state index contributed by atoms with van der Waals surface area (Å²) in [5.74, 6) is -1.78. The van der Waals surface area contributed by atoms with E-state index in [9.17, 15) is 23.6 Å². The smallest absolute Gasteiger partial charge is 0.322 e. The van der Waals surface area contributed by atoms with Crippen molar-refractivity contribution in [3.05, 3.63) is 70.5 Å². The number of ether oxygens (including phenoxy) is 1. The molecule has 2 N–H and O–H groups in total. The molecule has 2 heterocycles. The summed E-state index contributed by atoms with van der Waals surface area (Å²) >= 11 is 0. The van der Waals surface area contributed by atoms with Crippen molar-refractivity contribution in [1.29, 1.82) is 0 Å². The summed E-state index contributed by atoms with van der Waals surface area (Å²) in [5.41, 5.74) is 0.102. The summed E-state index contributed by atoms with van der Waals surface area (Å²) in [7, 11) is 0. The van der Waals surface area contributed by atoms with Gasteiger partial charge in [0, 0.05) is 12.1 Å². The molecule has 1 fully saturated rings. The highest BCUT2D eigenvalue weighted by atomic mass is 19.1. The van der Waals surface area contributed by atoms with E-state index in [-0.39, 0.29) is 31.4 Å². The second-order valence-electron chi connectivity index (χ2n) is 9.24. The van der Waals surface area contributed by atoms with Crippen molar-refractivity contribution in [2.24, 2.45) is 0 Å². The lowest BCUT2D eigenvalue weighted by Gasteiger charge is -2.31. The molecular weight excluding hydrogens is 429 g/mol. The minimum Gasteiger partial charge on any atom is -0.460 e. The average molecular weight is 453 g/mol. The number of amides is 4. The number of fused-ring (bicyclic) bond motifs is 1. The quantitative estimate of drug-likeness (QED) is 0.534. The molecule has 172 valence electrons. The maximum absolute atomic E-state index is 13.5. The summed E-state index contributed by atoms with van der Waals surface area (Å²) in [6.45, 7) is 5.44. The number of hydrogen-bond acceptors (Lipinski definition) is 5. The van der Waals surface area contributed by atoms with Crippen molar-refractivity contribution in [3.63, 3.8) is 0 Å². The van der Waals surface area contributed by atoms with E-state index in [4.69, 9.17) is 4.74 Å². The molecule has 0 bridgehead atoms. The highest BCUT2D eigenvalue weighted by Gasteiger charge is 2.50. The van der Waals surface area contributed by atoms with Crippen LogP contribution in [0.2, 0.25) is 0 Å². The fraction of sp³-hybridized carbons (Fsp3) is 0.333. The van der Waals surface area contributed by atoms with Crippen molar-refractivity contribution < 1.29 is 28.3 Å². The molecule has 2 aliphatic heterocycles. The Kier molecular flexibility index (Phi) is 5.43. The van der Waals surface area contributed by atoms with Crippen LogP contribution in [0, 0.1) is 5.82 Å². The number of carbonyl (C=O) groups excluding carboxylic acids is 4. The minimum absolute atomic E-state index is 0.0662. The van der Waals surface area contributed by atoms with E-state index in [2.05, 4.69) is 10.6 Å². The summed E-state index contributed by atoms with van der Waals surface area (Å²) < 4.78 is 18.8. The molecule has 4 amide bonds. The zero-order valence-corrected chi connectivity index (χ0v) is 18.5. The van der Waals surface area contributed by atoms with Gasteiger partial charge in [-0.3, -0.25) is 19.7 Å². The predicted octanol–water partition coefficient (Wildman–Crippen LogP) is 2.40. The van der Waals surface area contributed by atoms with E-state index in [1.165, 1.54) is 29.2 Å². The third-order valence-electron chi connectivity index (χ3n) is 5.52. The molecule has 1 unspecified atom stereocenters. The van der Waals surface area contributed by atoms with E-state index in [0.29, 0.717) is 22.3 Å². The SMILES string of the molecule is CC(C)(C)OC(=O)Cc1ccc2c(c1)CN(CC1(c3ccc(F)cc3)NC(=O)NC1=O)C2=O. The van der Waals surface area contributed by atoms with E-state index < -0.39 is 28.9 Å². The Hall–Kier alpha value is -3.75. The number of nitrogens with zero attached hydrogens (tertiary/aromatic N) is 1. The number of carbonyl (C=O) groups is 4. The topological polar surface area (TPSA) is 105 Å². The summed E-state index contributed by atoms with van der Waals surface area (Å²) in [6.07, 6.45) is 0.0662. The maximum atomic E-state index is 13.5. The van der Waals surface area contributed by atoms with Crippen LogP contribution in [0.3, 0.4) is 0 Å². The van der Waals surface area contributed by atoms with Gasteiger partial charge in [0.05, 0.1) is 13.0 Å². The van der Waals surface area contributed by atoms with Crippen LogP contribution in [-0.4, -0.2) is 40.9 Å². The van der Waals surface area contributed by atoms with Gasteiger partial charge in [-0.2, -0.15) is 0 Å². The van der Waals surface area contributed by atoms with Crippen molar-refractivity contribution in [1.82, 2.24) is 15.5 Å². The number of benzene rings is 2. The highest BCUT2D eigenvalue weighted by Crippen LogP contribution is 2.31. The Labute approximate surface area is 190 Å². The van der Waals surface area contributed by atoms with Gasteiger partial charge in [0.1, 0.15) is 11.4 Å². The number of rotatable bonds is 5. The van der Waals surface area contributed by atoms with E-state index in [1.807, 2.05) is 0 Å². The largest absolute Gasteiger partial charge is 0.460 e. The number of esters is 1. The molecule has 4 rings (SSSR count). The third-order valence-corrected chi connectivity index (χ3v) is 5.52. The first-order valence-corrected chi connectivity index (χ1v) is 10.5. The Morgan fingerprint density at radius 1 is 1.12 bits per heavy atom. The van der Waals surface area contributed by atoms with Crippen molar-refractivity contribution in [3.8, 4) is 0 Å². The van der Waals surface area contributed by atoms with Gasteiger partial charge in [-0.25, -0.2) is 9.18 Å². The molecule has 1 saturated heterocycles. The molecule has 8 nitrogen and oxygen atoms in total. The zero-order valence-electron chi connectivity index (χ0n) is 18.5. The second-order valence-corrected chi connectivity index (χ2v) is 9.24. The molecule has 0 aromatic heterocycles. The van der Waals surface area contributed by atoms with Gasteiger partial charge in [0.25, 0.3) is 11.8 Å². The van der Waals surface area contributed by atoms with Crippen molar-refractivity contribution in [2.45, 2.75) is 44.9 Å². The van der Waals surface area contributed by atoms with Crippen molar-refractivity contribution >= 4 is 23.8 Å². The highest BCUT2D eigenvalue weighted by molar-refractivity contribution is 6.08. The number of halogens is 1. The van der Waals surface area contributed by atoms with Crippen LogP contribution in [0.15, 0.2) is 42.5 Å². The Morgan fingerprint density at radius 3 is 2.42 bits per heavy atom. The number of imide groups is 1. The minimum atomic E-state index is -1.54. The first-order valence-electron chi connectivity index (χ1n) is 10.5. The normalized spacial score (nSPS) is 19.9. The van der Waals surface area contributed by atoms with Gasteiger partial charge < -0.3 is 15.0 Å². The number of hydrogen-bond donors (Lipinski definition) is 2. The first-order chi connectivity index (χ1) is 15.5. The maximum Gasteiger partial charge on any atom is 0.322 e. The van der Waals surface area contributed by atoms with Gasteiger partial charge in [-0.15, -0.1) is 0 Å². The van der Waals surface area contributed by atoms with E-state index >= 15 is 0 Å². The number of urea groups is 1. The van der Waals surface area contributed by atoms with Crippen LogP contribution < -0.4 is 10.6 Å². The Bertz CT molecular complexity index is 1160. The molecule has 2 aromatic carbocycles. The molecule has 0 spiro atoms. The molecule has 33 heavy (non-hydrogen) atoms. The molecule has 1 atom stereocenters. The standard InChI is InChI=1S/C24H24FN3O5/c1-23(2,3)33-19(29)11-14-4-9-18-15(10-14)12-28(20(18)30)13-24(21(31)26-22(32)27-24)16-5-7-17(25)8-6-16/h4-10H,11-13H2,1-3H3,(H2,26,27,31,32). The fourth-order valence-electron chi connectivity index (χ4n) is 4.13. The first kappa shape index (κ1) is 22.4. The molecule has 0 aliphatic carbocycles. The van der Waals surface area contributed by atoms with Crippen LogP contribution in [0.25, 0.3) is 0 Å². The van der Waals surface area contributed by atoms with Gasteiger partial charge in [0.15, 0.2) is 5.54 Å². The molecular formula is C24H24FN3O5. The van der Waals surface area contributed by atoms with E-state index in [1.54, 1.807) is 39.0 Å². The predicted molar refractivity (Wildman–Crippen MR) is 115 cm³/mol. The van der Waals surface area contributed by atoms with Crippen molar-refractivity contribution in [2.75, 3.05) is 6.54 Å². The van der Waals surface area contributed by atoms with Gasteiger partial charge in [-0.1, -0.05) is 24.3 Å². The Balaban J connectivity index is 1.57.